The van der Waals surface area contributed by atoms with E-state index in [1.54, 1.807) is 7.11 Å². The number of rotatable bonds is 6. The van der Waals surface area contributed by atoms with E-state index < -0.39 is 5.41 Å². The van der Waals surface area contributed by atoms with Gasteiger partial charge in [0.2, 0.25) is 12.3 Å². The van der Waals surface area contributed by atoms with Crippen molar-refractivity contribution in [2.75, 3.05) is 33.4 Å². The number of nitrogens with zero attached hydrogens (tertiary/aromatic N) is 2. The molecule has 7 nitrogen and oxygen atoms in total. The van der Waals surface area contributed by atoms with Gasteiger partial charge in [0, 0.05) is 20.1 Å². The Balaban J connectivity index is 1.85. The first-order chi connectivity index (χ1) is 9.27. The van der Waals surface area contributed by atoms with E-state index in [1.165, 1.54) is 6.39 Å². The number of aromatic nitrogens is 2. The topological polar surface area (TPSA) is 89.3 Å². The van der Waals surface area contributed by atoms with E-state index >= 15 is 0 Å². The smallest absolute Gasteiger partial charge is 0.228 e. The summed E-state index contributed by atoms with van der Waals surface area (Å²) in [4.78, 5) is 16.3. The molecule has 2 N–H and O–H groups in total. The van der Waals surface area contributed by atoms with Crippen LogP contribution in [0.1, 0.15) is 18.7 Å². The van der Waals surface area contributed by atoms with Crippen molar-refractivity contribution in [3.05, 3.63) is 12.2 Å². The second kappa shape index (κ2) is 6.63. The zero-order valence-electron chi connectivity index (χ0n) is 11.1. The van der Waals surface area contributed by atoms with Crippen molar-refractivity contribution in [2.45, 2.75) is 19.3 Å². The summed E-state index contributed by atoms with van der Waals surface area (Å²) in [5.41, 5.74) is -0.406. The van der Waals surface area contributed by atoms with Crippen molar-refractivity contribution in [2.24, 2.45) is 5.41 Å². The largest absolute Gasteiger partial charge is 0.384 e. The van der Waals surface area contributed by atoms with E-state index in [0.29, 0.717) is 25.4 Å². The molecule has 2 rings (SSSR count). The fraction of sp³-hybridized carbons (Fsp3) is 0.750. The van der Waals surface area contributed by atoms with Crippen LogP contribution in [0.25, 0.3) is 0 Å². The van der Waals surface area contributed by atoms with Crippen molar-refractivity contribution < 1.29 is 14.1 Å². The van der Waals surface area contributed by atoms with E-state index in [9.17, 15) is 4.79 Å². The molecule has 7 heteroatoms. The summed E-state index contributed by atoms with van der Waals surface area (Å²) in [6, 6.07) is 0. The Morgan fingerprint density at radius 2 is 2.37 bits per heavy atom. The van der Waals surface area contributed by atoms with Crippen molar-refractivity contribution >= 4 is 5.91 Å². The lowest BCUT2D eigenvalue weighted by molar-refractivity contribution is -0.136. The Morgan fingerprint density at radius 1 is 1.58 bits per heavy atom. The fourth-order valence-corrected chi connectivity index (χ4v) is 2.40. The maximum atomic E-state index is 12.4. The van der Waals surface area contributed by atoms with Crippen LogP contribution in [0.2, 0.25) is 0 Å². The second-order valence-electron chi connectivity index (χ2n) is 4.82. The molecule has 0 unspecified atom stereocenters. The van der Waals surface area contributed by atoms with E-state index in [1.807, 2.05) is 0 Å². The van der Waals surface area contributed by atoms with Crippen molar-refractivity contribution in [3.63, 3.8) is 0 Å². The number of amides is 1. The number of methoxy groups -OCH3 is 1. The van der Waals surface area contributed by atoms with Gasteiger partial charge in [0.05, 0.1) is 12.0 Å². The third-order valence-corrected chi connectivity index (χ3v) is 3.50. The Labute approximate surface area is 112 Å². The van der Waals surface area contributed by atoms with Gasteiger partial charge in [-0.05, 0) is 25.9 Å². The van der Waals surface area contributed by atoms with Crippen LogP contribution >= 0.6 is 0 Å². The first-order valence-electron chi connectivity index (χ1n) is 6.50. The minimum Gasteiger partial charge on any atom is -0.384 e. The number of carbonyl (C=O) groups is 1. The molecule has 0 bridgehead atoms. The molecule has 0 saturated carbocycles. The lowest BCUT2D eigenvalue weighted by Gasteiger charge is -2.35. The lowest BCUT2D eigenvalue weighted by Crippen LogP contribution is -2.50. The Kier molecular flexibility index (Phi) is 4.86. The predicted molar refractivity (Wildman–Crippen MR) is 67.4 cm³/mol. The monoisotopic (exact) mass is 268 g/mol. The normalized spacial score (nSPS) is 18.2. The molecule has 0 radical (unpaired) electrons. The van der Waals surface area contributed by atoms with Crippen LogP contribution in [0.4, 0.5) is 0 Å². The third kappa shape index (κ3) is 3.51. The molecular weight excluding hydrogens is 248 g/mol. The average molecular weight is 268 g/mol. The molecule has 1 aliphatic rings. The summed E-state index contributed by atoms with van der Waals surface area (Å²) in [5.74, 6) is 0.658. The van der Waals surface area contributed by atoms with E-state index in [2.05, 4.69) is 25.3 Å². The summed E-state index contributed by atoms with van der Waals surface area (Å²) in [5, 5.41) is 9.92. The van der Waals surface area contributed by atoms with Crippen LogP contribution in [0.3, 0.4) is 0 Å². The highest BCUT2D eigenvalue weighted by molar-refractivity contribution is 5.83. The SMILES string of the molecule is COCC1(C(=O)NCCc2ncon2)CCNCC1. The predicted octanol–water partition coefficient (Wildman–Crippen LogP) is -0.255. The molecule has 1 fully saturated rings. The average Bonchev–Trinajstić information content (AvgIpc) is 2.93. The van der Waals surface area contributed by atoms with Gasteiger partial charge in [-0.2, -0.15) is 4.98 Å². The molecule has 0 aliphatic carbocycles. The number of ether oxygens (including phenoxy) is 1. The molecule has 106 valence electrons. The van der Waals surface area contributed by atoms with Gasteiger partial charge in [-0.25, -0.2) is 0 Å². The molecule has 1 aromatic heterocycles. The molecule has 1 saturated heterocycles. The molecule has 0 aromatic carbocycles. The van der Waals surface area contributed by atoms with E-state index in [0.717, 1.165) is 25.9 Å². The summed E-state index contributed by atoms with van der Waals surface area (Å²) < 4.78 is 9.87. The van der Waals surface area contributed by atoms with Gasteiger partial charge >= 0.3 is 0 Å². The maximum absolute atomic E-state index is 12.4. The van der Waals surface area contributed by atoms with Gasteiger partial charge in [0.25, 0.3) is 0 Å². The van der Waals surface area contributed by atoms with Crippen LogP contribution in [0.15, 0.2) is 10.9 Å². The number of nitrogens with one attached hydrogen (secondary N) is 2. The molecule has 19 heavy (non-hydrogen) atoms. The van der Waals surface area contributed by atoms with Gasteiger partial charge in [0.1, 0.15) is 0 Å². The van der Waals surface area contributed by atoms with Crippen molar-refractivity contribution in [3.8, 4) is 0 Å². The van der Waals surface area contributed by atoms with Crippen LogP contribution in [0.5, 0.6) is 0 Å². The van der Waals surface area contributed by atoms with Gasteiger partial charge < -0.3 is 19.9 Å². The summed E-state index contributed by atoms with van der Waals surface area (Å²) in [6.45, 7) is 2.67. The molecule has 2 heterocycles. The van der Waals surface area contributed by atoms with Gasteiger partial charge in [-0.15, -0.1) is 0 Å². The zero-order valence-corrected chi connectivity index (χ0v) is 11.1. The maximum Gasteiger partial charge on any atom is 0.228 e. The van der Waals surface area contributed by atoms with Gasteiger partial charge in [-0.3, -0.25) is 4.79 Å². The minimum absolute atomic E-state index is 0.0549. The standard InChI is InChI=1S/C12H20N4O3/c1-18-8-12(3-6-13-7-4-12)11(17)14-5-2-10-15-9-19-16-10/h9,13H,2-8H2,1H3,(H,14,17). The van der Waals surface area contributed by atoms with Crippen LogP contribution in [0, 0.1) is 5.41 Å². The number of piperidine rings is 1. The fourth-order valence-electron chi connectivity index (χ4n) is 2.40. The number of hydrogen-bond donors (Lipinski definition) is 2. The molecule has 1 aliphatic heterocycles. The third-order valence-electron chi connectivity index (χ3n) is 3.50. The highest BCUT2D eigenvalue weighted by Crippen LogP contribution is 2.29. The molecule has 1 amide bonds. The first kappa shape index (κ1) is 14.0. The van der Waals surface area contributed by atoms with Crippen molar-refractivity contribution in [1.29, 1.82) is 0 Å². The summed E-state index contributed by atoms with van der Waals surface area (Å²) in [6.07, 6.45) is 3.46. The molecule has 1 aromatic rings. The molecular formula is C12H20N4O3. The van der Waals surface area contributed by atoms with Crippen LogP contribution in [-0.2, 0) is 16.0 Å². The number of hydrogen-bond acceptors (Lipinski definition) is 6. The Hall–Kier alpha value is -1.47. The van der Waals surface area contributed by atoms with Crippen LogP contribution < -0.4 is 10.6 Å². The first-order valence-corrected chi connectivity index (χ1v) is 6.50. The highest BCUT2D eigenvalue weighted by Gasteiger charge is 2.39. The highest BCUT2D eigenvalue weighted by atomic mass is 16.5. The molecule has 0 spiro atoms. The summed E-state index contributed by atoms with van der Waals surface area (Å²) in [7, 11) is 1.64. The van der Waals surface area contributed by atoms with Gasteiger partial charge in [-0.1, -0.05) is 5.16 Å². The Bertz CT molecular complexity index is 382. The second-order valence-corrected chi connectivity index (χ2v) is 4.82. The van der Waals surface area contributed by atoms with Crippen molar-refractivity contribution in [1.82, 2.24) is 20.8 Å². The summed E-state index contributed by atoms with van der Waals surface area (Å²) >= 11 is 0. The minimum atomic E-state index is -0.406. The number of carbonyl (C=O) groups excluding carboxylic acids is 1. The molecule has 0 atom stereocenters. The van der Waals surface area contributed by atoms with Gasteiger partial charge in [0.15, 0.2) is 5.82 Å². The quantitative estimate of drug-likeness (QED) is 0.739. The lowest BCUT2D eigenvalue weighted by atomic mass is 9.78. The van der Waals surface area contributed by atoms with Crippen LogP contribution in [-0.4, -0.2) is 49.4 Å². The van der Waals surface area contributed by atoms with E-state index in [4.69, 9.17) is 4.74 Å². The zero-order chi connectivity index (χ0) is 13.6. The van der Waals surface area contributed by atoms with E-state index in [-0.39, 0.29) is 5.91 Å². The Morgan fingerprint density at radius 3 is 3.00 bits per heavy atom.